The molecule has 1 atom stereocenters. The summed E-state index contributed by atoms with van der Waals surface area (Å²) >= 11 is 0. The average molecular weight is 440 g/mol. The molecule has 2 aliphatic heterocycles. The molecule has 0 spiro atoms. The molecule has 32 heavy (non-hydrogen) atoms. The summed E-state index contributed by atoms with van der Waals surface area (Å²) in [5, 5.41) is 15.2. The number of aromatic nitrogens is 2. The summed E-state index contributed by atoms with van der Waals surface area (Å²) in [6.45, 7) is 3.19. The second-order valence-corrected chi connectivity index (χ2v) is 7.37. The molecule has 2 aliphatic rings. The summed E-state index contributed by atoms with van der Waals surface area (Å²) in [5.41, 5.74) is 0.724. The van der Waals surface area contributed by atoms with Crippen LogP contribution < -0.4 is 4.74 Å². The van der Waals surface area contributed by atoms with Gasteiger partial charge in [0.2, 0.25) is 0 Å². The second kappa shape index (κ2) is 9.60. The van der Waals surface area contributed by atoms with E-state index in [1.807, 2.05) is 27.9 Å². The van der Waals surface area contributed by atoms with E-state index >= 15 is 0 Å². The van der Waals surface area contributed by atoms with Crippen LogP contribution in [0.25, 0.3) is 5.69 Å². The van der Waals surface area contributed by atoms with Crippen molar-refractivity contribution in [3.63, 3.8) is 0 Å². The molecular formula is C21H24N6O5. The van der Waals surface area contributed by atoms with Crippen LogP contribution in [0.3, 0.4) is 0 Å². The molecule has 3 heterocycles. The molecule has 168 valence electrons. The minimum Gasteiger partial charge on any atom is -0.466 e. The fourth-order valence-electron chi connectivity index (χ4n) is 3.74. The lowest BCUT2D eigenvalue weighted by Crippen LogP contribution is -2.55. The van der Waals surface area contributed by atoms with Gasteiger partial charge in [0.1, 0.15) is 18.3 Å². The van der Waals surface area contributed by atoms with Crippen LogP contribution in [0.15, 0.2) is 59.9 Å². The number of imidazole rings is 1. The van der Waals surface area contributed by atoms with Crippen LogP contribution in [0.1, 0.15) is 19.8 Å². The van der Waals surface area contributed by atoms with E-state index in [9.17, 15) is 14.9 Å². The zero-order chi connectivity index (χ0) is 22.5. The molecule has 1 fully saturated rings. The molecule has 11 heteroatoms. The van der Waals surface area contributed by atoms with E-state index in [0.717, 1.165) is 5.69 Å². The Bertz CT molecular complexity index is 996. The van der Waals surface area contributed by atoms with Crippen LogP contribution in [0.5, 0.6) is 5.75 Å². The van der Waals surface area contributed by atoms with E-state index in [1.54, 1.807) is 36.6 Å². The smallest absolute Gasteiger partial charge is 0.327 e. The van der Waals surface area contributed by atoms with E-state index in [-0.39, 0.29) is 17.6 Å². The maximum atomic E-state index is 12.0. The normalized spacial score (nSPS) is 19.5. The van der Waals surface area contributed by atoms with Gasteiger partial charge in [-0.1, -0.05) is 0 Å². The Morgan fingerprint density at radius 1 is 1.25 bits per heavy atom. The molecule has 1 saturated heterocycles. The van der Waals surface area contributed by atoms with Crippen molar-refractivity contribution in [2.24, 2.45) is 10.9 Å². The van der Waals surface area contributed by atoms with Crippen LogP contribution in [0.2, 0.25) is 0 Å². The summed E-state index contributed by atoms with van der Waals surface area (Å²) in [7, 11) is 0. The Morgan fingerprint density at radius 2 is 2.00 bits per heavy atom. The number of ether oxygens (including phenoxy) is 2. The van der Waals surface area contributed by atoms with Crippen molar-refractivity contribution in [3.8, 4) is 11.4 Å². The lowest BCUT2D eigenvalue weighted by Gasteiger charge is -2.41. The van der Waals surface area contributed by atoms with Crippen LogP contribution in [-0.2, 0) is 9.53 Å². The van der Waals surface area contributed by atoms with Gasteiger partial charge in [-0.3, -0.25) is 14.9 Å². The molecule has 2 aromatic rings. The Labute approximate surface area is 184 Å². The van der Waals surface area contributed by atoms with Gasteiger partial charge in [-0.15, -0.1) is 0 Å². The number of piperidine rings is 1. The highest BCUT2D eigenvalue weighted by molar-refractivity contribution is 5.72. The van der Waals surface area contributed by atoms with Gasteiger partial charge >= 0.3 is 11.7 Å². The van der Waals surface area contributed by atoms with Crippen LogP contribution >= 0.6 is 0 Å². The lowest BCUT2D eigenvalue weighted by atomic mass is 9.98. The second-order valence-electron chi connectivity index (χ2n) is 7.37. The first-order chi connectivity index (χ1) is 15.6. The standard InChI is InChI=1S/C21H24N6O5/c1-2-31-21(28)16-7-10-25(11-8-16)26-15-23-13-19(27(29)30)20(26)32-18-5-3-17(4-6-18)24-12-9-22-14-24/h3-6,9,12-16,20H,2,7-8,10-11H2,1H3. The van der Waals surface area contributed by atoms with E-state index in [2.05, 4.69) is 9.98 Å². The highest BCUT2D eigenvalue weighted by Crippen LogP contribution is 2.26. The number of carbonyl (C=O) groups is 1. The summed E-state index contributed by atoms with van der Waals surface area (Å²) < 4.78 is 13.0. The van der Waals surface area contributed by atoms with Crippen molar-refractivity contribution in [1.29, 1.82) is 0 Å². The van der Waals surface area contributed by atoms with Crippen LogP contribution in [0.4, 0.5) is 0 Å². The number of carbonyl (C=O) groups excluding carboxylic acids is 1. The minimum atomic E-state index is -0.985. The molecule has 0 radical (unpaired) electrons. The molecule has 0 saturated carbocycles. The zero-order valence-corrected chi connectivity index (χ0v) is 17.6. The number of nitrogens with zero attached hydrogens (tertiary/aromatic N) is 6. The predicted octanol–water partition coefficient (Wildman–Crippen LogP) is 2.23. The molecule has 1 unspecified atom stereocenters. The van der Waals surface area contributed by atoms with E-state index < -0.39 is 11.2 Å². The topological polar surface area (TPSA) is 115 Å². The van der Waals surface area contributed by atoms with Gasteiger partial charge in [-0.05, 0) is 44.0 Å². The quantitative estimate of drug-likeness (QED) is 0.366. The maximum absolute atomic E-state index is 12.0. The Kier molecular flexibility index (Phi) is 6.45. The van der Waals surface area contributed by atoms with Gasteiger partial charge in [0.15, 0.2) is 0 Å². The fourth-order valence-corrected chi connectivity index (χ4v) is 3.74. The first kappa shape index (κ1) is 21.5. The van der Waals surface area contributed by atoms with Crippen molar-refractivity contribution in [2.45, 2.75) is 26.0 Å². The minimum absolute atomic E-state index is 0.168. The lowest BCUT2D eigenvalue weighted by molar-refractivity contribution is -0.442. The first-order valence-electron chi connectivity index (χ1n) is 10.4. The third kappa shape index (κ3) is 4.62. The predicted molar refractivity (Wildman–Crippen MR) is 114 cm³/mol. The van der Waals surface area contributed by atoms with Gasteiger partial charge in [0, 0.05) is 31.2 Å². The van der Waals surface area contributed by atoms with Crippen LogP contribution in [-0.4, -0.2) is 62.7 Å². The van der Waals surface area contributed by atoms with Gasteiger partial charge < -0.3 is 14.0 Å². The van der Waals surface area contributed by atoms with Crippen molar-refractivity contribution in [2.75, 3.05) is 19.7 Å². The summed E-state index contributed by atoms with van der Waals surface area (Å²) in [6, 6.07) is 7.20. The van der Waals surface area contributed by atoms with Gasteiger partial charge in [-0.2, -0.15) is 0 Å². The van der Waals surface area contributed by atoms with E-state index in [1.165, 1.54) is 12.5 Å². The Hall–Kier alpha value is -3.73. The van der Waals surface area contributed by atoms with Gasteiger partial charge in [-0.25, -0.2) is 20.0 Å². The molecule has 1 aromatic carbocycles. The number of nitro groups is 1. The molecule has 4 rings (SSSR count). The molecule has 0 N–H and O–H groups in total. The van der Waals surface area contributed by atoms with Gasteiger partial charge in [0.25, 0.3) is 6.23 Å². The monoisotopic (exact) mass is 440 g/mol. The van der Waals surface area contributed by atoms with Gasteiger partial charge in [0.05, 0.1) is 23.8 Å². The summed E-state index contributed by atoms with van der Waals surface area (Å²) in [5.74, 6) is 0.109. The van der Waals surface area contributed by atoms with Crippen molar-refractivity contribution < 1.29 is 19.2 Å². The fraction of sp³-hybridized carbons (Fsp3) is 0.381. The number of hydrazine groups is 1. The van der Waals surface area contributed by atoms with Crippen LogP contribution in [0, 0.1) is 16.0 Å². The average Bonchev–Trinajstić information content (AvgIpc) is 3.35. The molecule has 11 nitrogen and oxygen atoms in total. The van der Waals surface area contributed by atoms with Crippen molar-refractivity contribution >= 4 is 12.3 Å². The number of esters is 1. The highest BCUT2D eigenvalue weighted by atomic mass is 16.6. The third-order valence-corrected chi connectivity index (χ3v) is 5.40. The highest BCUT2D eigenvalue weighted by Gasteiger charge is 2.39. The zero-order valence-electron chi connectivity index (χ0n) is 17.6. The third-order valence-electron chi connectivity index (χ3n) is 5.40. The molecular weight excluding hydrogens is 416 g/mol. The SMILES string of the molecule is CCOC(=O)C1CCN(N2C=NC=C([N+](=O)[O-])C2Oc2ccc(-n3ccnc3)cc2)CC1. The maximum Gasteiger partial charge on any atom is 0.327 e. The first-order valence-corrected chi connectivity index (χ1v) is 10.4. The number of hydrogen-bond donors (Lipinski definition) is 0. The Balaban J connectivity index is 1.48. The van der Waals surface area contributed by atoms with E-state index in [4.69, 9.17) is 9.47 Å². The number of hydrogen-bond acceptors (Lipinski definition) is 9. The Morgan fingerprint density at radius 3 is 2.62 bits per heavy atom. The number of rotatable bonds is 7. The largest absolute Gasteiger partial charge is 0.466 e. The van der Waals surface area contributed by atoms with E-state index in [0.29, 0.717) is 38.3 Å². The molecule has 0 amide bonds. The summed E-state index contributed by atoms with van der Waals surface area (Å²) in [4.78, 5) is 31.3. The summed E-state index contributed by atoms with van der Waals surface area (Å²) in [6.07, 6.45) is 8.10. The number of aliphatic imine (C=N–C) groups is 1. The van der Waals surface area contributed by atoms with Crippen molar-refractivity contribution in [3.05, 3.63) is 65.0 Å². The molecule has 0 aliphatic carbocycles. The molecule has 1 aromatic heterocycles. The van der Waals surface area contributed by atoms with Crippen molar-refractivity contribution in [1.82, 2.24) is 19.6 Å². The molecule has 0 bridgehead atoms. The number of benzene rings is 1.